The zero-order valence-electron chi connectivity index (χ0n) is 11.0. The zero-order valence-corrected chi connectivity index (χ0v) is 11.0. The van der Waals surface area contributed by atoms with E-state index >= 15 is 0 Å². The molecule has 104 valence electrons. The van der Waals surface area contributed by atoms with Gasteiger partial charge in [0.1, 0.15) is 18.2 Å². The van der Waals surface area contributed by atoms with Crippen molar-refractivity contribution in [2.45, 2.75) is 13.5 Å². The number of hydrazine groups is 1. The minimum atomic E-state index is -0.389. The first-order valence-corrected chi connectivity index (χ1v) is 6.09. The summed E-state index contributed by atoms with van der Waals surface area (Å²) < 4.78 is 18.8. The van der Waals surface area contributed by atoms with Crippen molar-refractivity contribution >= 4 is 5.91 Å². The Labute approximate surface area is 116 Å². The van der Waals surface area contributed by atoms with Gasteiger partial charge in [-0.1, -0.05) is 24.3 Å². The normalized spacial score (nSPS) is 10.2. The van der Waals surface area contributed by atoms with Crippen LogP contribution in [0.1, 0.15) is 21.5 Å². The number of ether oxygens (including phenoxy) is 1. The van der Waals surface area contributed by atoms with Gasteiger partial charge in [-0.25, -0.2) is 10.2 Å². The number of halogens is 1. The van der Waals surface area contributed by atoms with Crippen molar-refractivity contribution in [3.05, 3.63) is 65.0 Å². The van der Waals surface area contributed by atoms with Crippen molar-refractivity contribution in [2.75, 3.05) is 0 Å². The summed E-state index contributed by atoms with van der Waals surface area (Å²) in [5.74, 6) is 4.83. The van der Waals surface area contributed by atoms with Gasteiger partial charge < -0.3 is 4.74 Å². The molecular formula is C15H15FN2O2. The first kappa shape index (κ1) is 14.0. The highest BCUT2D eigenvalue weighted by molar-refractivity contribution is 5.95. The SMILES string of the molecule is Cc1ccc(F)cc1OCc1ccccc1C(=O)NN. The highest BCUT2D eigenvalue weighted by Gasteiger charge is 2.10. The largest absolute Gasteiger partial charge is 0.489 e. The molecule has 2 rings (SSSR count). The number of amides is 1. The second-order valence-corrected chi connectivity index (χ2v) is 4.33. The van der Waals surface area contributed by atoms with Crippen LogP contribution in [-0.2, 0) is 6.61 Å². The standard InChI is InChI=1S/C15H15FN2O2/c1-10-6-7-12(16)8-14(10)20-9-11-4-2-3-5-13(11)15(19)18-17/h2-8H,9,17H2,1H3,(H,18,19). The Hall–Kier alpha value is -2.40. The van der Waals surface area contributed by atoms with E-state index in [9.17, 15) is 9.18 Å². The second kappa shape index (κ2) is 6.16. The Bertz CT molecular complexity index is 629. The maximum atomic E-state index is 13.2. The number of rotatable bonds is 4. The predicted molar refractivity (Wildman–Crippen MR) is 73.6 cm³/mol. The molecule has 0 unspecified atom stereocenters. The summed E-state index contributed by atoms with van der Waals surface area (Å²) in [6, 6.07) is 11.3. The van der Waals surface area contributed by atoms with Crippen LogP contribution in [0.4, 0.5) is 4.39 Å². The van der Waals surface area contributed by atoms with E-state index in [0.29, 0.717) is 16.9 Å². The molecular weight excluding hydrogens is 259 g/mol. The van der Waals surface area contributed by atoms with Crippen LogP contribution in [0.5, 0.6) is 5.75 Å². The lowest BCUT2D eigenvalue weighted by molar-refractivity contribution is 0.0951. The molecule has 0 atom stereocenters. The average molecular weight is 274 g/mol. The lowest BCUT2D eigenvalue weighted by atomic mass is 10.1. The van der Waals surface area contributed by atoms with Crippen LogP contribution in [0.2, 0.25) is 0 Å². The number of carbonyl (C=O) groups is 1. The fourth-order valence-corrected chi connectivity index (χ4v) is 1.83. The molecule has 0 spiro atoms. The molecule has 20 heavy (non-hydrogen) atoms. The molecule has 1 amide bonds. The molecule has 2 aromatic carbocycles. The maximum Gasteiger partial charge on any atom is 0.265 e. The molecule has 0 saturated heterocycles. The highest BCUT2D eigenvalue weighted by atomic mass is 19.1. The van der Waals surface area contributed by atoms with Gasteiger partial charge in [0.25, 0.3) is 5.91 Å². The molecule has 0 aliphatic carbocycles. The van der Waals surface area contributed by atoms with E-state index in [1.165, 1.54) is 12.1 Å². The van der Waals surface area contributed by atoms with E-state index in [-0.39, 0.29) is 18.3 Å². The average Bonchev–Trinajstić information content (AvgIpc) is 2.47. The molecule has 0 aliphatic heterocycles. The summed E-state index contributed by atoms with van der Waals surface area (Å²) >= 11 is 0. The van der Waals surface area contributed by atoms with Gasteiger partial charge in [0.05, 0.1) is 0 Å². The van der Waals surface area contributed by atoms with E-state index in [0.717, 1.165) is 5.56 Å². The lowest BCUT2D eigenvalue weighted by Gasteiger charge is -2.11. The molecule has 0 bridgehead atoms. The third kappa shape index (κ3) is 3.13. The van der Waals surface area contributed by atoms with Crippen LogP contribution in [-0.4, -0.2) is 5.91 Å². The van der Waals surface area contributed by atoms with Crippen molar-refractivity contribution in [2.24, 2.45) is 5.84 Å². The number of nitrogens with one attached hydrogen (secondary N) is 1. The Kier molecular flexibility index (Phi) is 4.32. The first-order valence-electron chi connectivity index (χ1n) is 6.09. The van der Waals surface area contributed by atoms with Gasteiger partial charge in [0.2, 0.25) is 0 Å². The van der Waals surface area contributed by atoms with Gasteiger partial charge >= 0.3 is 0 Å². The quantitative estimate of drug-likeness (QED) is 0.511. The number of benzene rings is 2. The van der Waals surface area contributed by atoms with Gasteiger partial charge in [0, 0.05) is 17.2 Å². The zero-order chi connectivity index (χ0) is 14.5. The molecule has 0 heterocycles. The highest BCUT2D eigenvalue weighted by Crippen LogP contribution is 2.21. The molecule has 2 aromatic rings. The number of aryl methyl sites for hydroxylation is 1. The third-order valence-electron chi connectivity index (χ3n) is 2.93. The molecule has 5 heteroatoms. The number of nitrogens with two attached hydrogens (primary N) is 1. The molecule has 0 aliphatic rings. The molecule has 0 radical (unpaired) electrons. The van der Waals surface area contributed by atoms with Crippen molar-refractivity contribution in [1.29, 1.82) is 0 Å². The van der Waals surface area contributed by atoms with Gasteiger partial charge in [-0.2, -0.15) is 0 Å². The Morgan fingerprint density at radius 1 is 1.30 bits per heavy atom. The fraction of sp³-hybridized carbons (Fsp3) is 0.133. The fourth-order valence-electron chi connectivity index (χ4n) is 1.83. The maximum absolute atomic E-state index is 13.2. The summed E-state index contributed by atoms with van der Waals surface area (Å²) in [6.07, 6.45) is 0. The first-order chi connectivity index (χ1) is 9.61. The topological polar surface area (TPSA) is 64.3 Å². The van der Waals surface area contributed by atoms with Crippen LogP contribution in [0.15, 0.2) is 42.5 Å². The van der Waals surface area contributed by atoms with Crippen molar-refractivity contribution in [1.82, 2.24) is 5.43 Å². The summed E-state index contributed by atoms with van der Waals surface area (Å²) in [5, 5.41) is 0. The molecule has 3 N–H and O–H groups in total. The van der Waals surface area contributed by atoms with Crippen molar-refractivity contribution < 1.29 is 13.9 Å². The number of nitrogen functional groups attached to an aromatic ring is 1. The van der Waals surface area contributed by atoms with Gasteiger partial charge in [-0.3, -0.25) is 10.2 Å². The van der Waals surface area contributed by atoms with E-state index in [2.05, 4.69) is 5.43 Å². The summed E-state index contributed by atoms with van der Waals surface area (Å²) in [5.41, 5.74) is 4.03. The lowest BCUT2D eigenvalue weighted by Crippen LogP contribution is -2.30. The van der Waals surface area contributed by atoms with Gasteiger partial charge in [0.15, 0.2) is 0 Å². The minimum absolute atomic E-state index is 0.161. The molecule has 0 fully saturated rings. The molecule has 4 nitrogen and oxygen atoms in total. The van der Waals surface area contributed by atoms with Crippen LogP contribution in [0.3, 0.4) is 0 Å². The number of hydrogen-bond acceptors (Lipinski definition) is 3. The monoisotopic (exact) mass is 274 g/mol. The van der Waals surface area contributed by atoms with Crippen LogP contribution in [0, 0.1) is 12.7 Å². The molecule has 0 aromatic heterocycles. The van der Waals surface area contributed by atoms with Crippen LogP contribution < -0.4 is 16.0 Å². The third-order valence-corrected chi connectivity index (χ3v) is 2.93. The minimum Gasteiger partial charge on any atom is -0.489 e. The van der Waals surface area contributed by atoms with E-state index in [1.54, 1.807) is 30.3 Å². The Morgan fingerprint density at radius 3 is 2.80 bits per heavy atom. The summed E-state index contributed by atoms with van der Waals surface area (Å²) in [4.78, 5) is 11.6. The van der Waals surface area contributed by atoms with Gasteiger partial charge in [-0.05, 0) is 24.6 Å². The summed E-state index contributed by atoms with van der Waals surface area (Å²) in [6.45, 7) is 1.99. The summed E-state index contributed by atoms with van der Waals surface area (Å²) in [7, 11) is 0. The van der Waals surface area contributed by atoms with Crippen molar-refractivity contribution in [3.8, 4) is 5.75 Å². The predicted octanol–water partition coefficient (Wildman–Crippen LogP) is 2.32. The van der Waals surface area contributed by atoms with E-state index < -0.39 is 0 Å². The van der Waals surface area contributed by atoms with Gasteiger partial charge in [-0.15, -0.1) is 0 Å². The Morgan fingerprint density at radius 2 is 2.05 bits per heavy atom. The van der Waals surface area contributed by atoms with Crippen molar-refractivity contribution in [3.63, 3.8) is 0 Å². The van der Waals surface area contributed by atoms with E-state index in [4.69, 9.17) is 10.6 Å². The number of hydrogen-bond donors (Lipinski definition) is 2. The molecule has 0 saturated carbocycles. The number of carbonyl (C=O) groups excluding carboxylic acids is 1. The smallest absolute Gasteiger partial charge is 0.265 e. The van der Waals surface area contributed by atoms with Crippen LogP contribution in [0.25, 0.3) is 0 Å². The van der Waals surface area contributed by atoms with E-state index in [1.807, 2.05) is 6.92 Å². The van der Waals surface area contributed by atoms with Crippen LogP contribution >= 0.6 is 0 Å². The second-order valence-electron chi connectivity index (χ2n) is 4.33. The Balaban J connectivity index is 2.19.